The fraction of sp³-hybridized carbons (Fsp3) is 0.609. The molecule has 7 atom stereocenters. The van der Waals surface area contributed by atoms with E-state index in [4.69, 9.17) is 34.4 Å². The summed E-state index contributed by atoms with van der Waals surface area (Å²) < 4.78 is 0. The minimum absolute atomic E-state index is 0.00266. The number of rotatable bonds is 46. The number of carbonyl (C=O) groups is 7. The molecule has 2 aromatic heterocycles. The molecule has 2 heterocycles. The zero-order chi connectivity index (χ0) is 63.3. The molecule has 0 fully saturated rings. The van der Waals surface area contributed by atoms with Crippen LogP contribution >= 0.6 is 0 Å². The van der Waals surface area contributed by atoms with Gasteiger partial charge in [-0.05, 0) is 87.1 Å². The standard InChI is InChI=1S/C64H104N16O7/c1-4-6-7-8-9-10-11-12-13-14-15-16-17-18-19-35-55(81)75-51(32-24-25-36-65)59(84)80-56(43(3)5-2)62(87)77-52(34-27-38-72-64(69)70)58(83)78-54(40-45-42-74-49-31-23-21-29-47(45)49)61(86)79-53(39-44-41-73-48-30-22-20-28-46(44)48)60(85)76-50(57(66)82)33-26-37-71-63(67)68/h20-23,28-31,41-43,50-54,56,73-74H,4-19,24-27,32-40,65H2,1-3H3,(H2,66,82)(H,75,81)(H,76,85)(H,77,87)(H,78,83)(H,79,86)(H,80,84)(H4,67,68,71)(H4,69,70,72)/t43-,50-,51-,52-,53-,54-,56-/m0/s1. The van der Waals surface area contributed by atoms with Crippen molar-refractivity contribution in [2.24, 2.45) is 50.3 Å². The van der Waals surface area contributed by atoms with Crippen LogP contribution in [0.4, 0.5) is 0 Å². The van der Waals surface area contributed by atoms with Crippen LogP contribution in [-0.2, 0) is 46.4 Å². The SMILES string of the molecule is CCCCCCCCCCCCCCCCCC(=O)N[C@@H](CCCCN)C(=O)N[C@H](C(=O)N[C@@H](CCCN=C(N)N)C(=O)N[C@@H](Cc1c[nH]c2ccccc12)C(=O)N[C@@H](Cc1c[nH]c2ccccc12)C(=O)N[C@@H](CCCN=C(N)N)C(N)=O)[C@@H](C)CC. The van der Waals surface area contributed by atoms with Crippen molar-refractivity contribution in [3.8, 4) is 0 Å². The summed E-state index contributed by atoms with van der Waals surface area (Å²) in [5.74, 6) is -5.23. The number of primary amides is 1. The molecular formula is C64H104N16O7. The Kier molecular flexibility index (Phi) is 33.5. The summed E-state index contributed by atoms with van der Waals surface area (Å²) in [5.41, 5.74) is 36.8. The lowest BCUT2D eigenvalue weighted by Gasteiger charge is -2.29. The lowest BCUT2D eigenvalue weighted by atomic mass is 9.96. The van der Waals surface area contributed by atoms with Crippen molar-refractivity contribution in [3.05, 3.63) is 72.1 Å². The Labute approximate surface area is 514 Å². The Morgan fingerprint density at radius 2 is 0.862 bits per heavy atom. The number of carbonyl (C=O) groups excluding carboxylic acids is 7. The van der Waals surface area contributed by atoms with Crippen LogP contribution < -0.4 is 66.3 Å². The first kappa shape index (κ1) is 71.8. The number of para-hydroxylation sites is 2. The van der Waals surface area contributed by atoms with E-state index in [-0.39, 0.29) is 69.4 Å². The zero-order valence-corrected chi connectivity index (χ0v) is 52.0. The van der Waals surface area contributed by atoms with E-state index in [1.165, 1.54) is 70.6 Å². The number of aliphatic imine (C=N–C) groups is 2. The summed E-state index contributed by atoms with van der Waals surface area (Å²) in [6, 6.07) is 7.65. The van der Waals surface area contributed by atoms with Crippen LogP contribution in [0.1, 0.15) is 186 Å². The largest absolute Gasteiger partial charge is 0.370 e. The average molecular weight is 1210 g/mol. The molecule has 87 heavy (non-hydrogen) atoms. The number of unbranched alkanes of at least 4 members (excludes halogenated alkanes) is 15. The number of guanidine groups is 2. The van der Waals surface area contributed by atoms with E-state index in [0.29, 0.717) is 56.2 Å². The maximum Gasteiger partial charge on any atom is 0.243 e. The zero-order valence-electron chi connectivity index (χ0n) is 52.0. The molecule has 0 radical (unpaired) electrons. The Balaban J connectivity index is 1.54. The average Bonchev–Trinajstić information content (AvgIpc) is 2.71. The van der Waals surface area contributed by atoms with Gasteiger partial charge in [0.05, 0.1) is 0 Å². The molecule has 0 aliphatic heterocycles. The second-order valence-corrected chi connectivity index (χ2v) is 23.1. The normalized spacial score (nSPS) is 13.7. The number of hydrogen-bond acceptors (Lipinski definition) is 10. The Morgan fingerprint density at radius 3 is 1.32 bits per heavy atom. The summed E-state index contributed by atoms with van der Waals surface area (Å²) >= 11 is 0. The van der Waals surface area contributed by atoms with Gasteiger partial charge in [-0.2, -0.15) is 0 Å². The highest BCUT2D eigenvalue weighted by atomic mass is 16.2. The summed E-state index contributed by atoms with van der Waals surface area (Å²) in [4.78, 5) is 114. The highest BCUT2D eigenvalue weighted by Gasteiger charge is 2.35. The number of amides is 7. The fourth-order valence-corrected chi connectivity index (χ4v) is 10.7. The Hall–Kier alpha value is -7.69. The number of H-pyrrole nitrogens is 2. The second kappa shape index (κ2) is 40.6. The van der Waals surface area contributed by atoms with Crippen LogP contribution in [0.5, 0.6) is 0 Å². The molecule has 0 aliphatic rings. The topological polar surface area (TPSA) is 404 Å². The van der Waals surface area contributed by atoms with Gasteiger partial charge in [0.2, 0.25) is 41.4 Å². The van der Waals surface area contributed by atoms with E-state index >= 15 is 4.79 Å². The maximum absolute atomic E-state index is 15.0. The summed E-state index contributed by atoms with van der Waals surface area (Å²) in [6.07, 6.45) is 24.2. The van der Waals surface area contributed by atoms with E-state index in [2.05, 4.69) is 58.8 Å². The Morgan fingerprint density at radius 1 is 0.460 bits per heavy atom. The first-order valence-electron chi connectivity index (χ1n) is 32.0. The smallest absolute Gasteiger partial charge is 0.243 e. The van der Waals surface area contributed by atoms with Gasteiger partial charge in [-0.1, -0.05) is 153 Å². The molecule has 2 aromatic carbocycles. The molecule has 7 amide bonds. The molecule has 23 heteroatoms. The van der Waals surface area contributed by atoms with E-state index in [0.717, 1.165) is 41.1 Å². The molecule has 0 unspecified atom stereocenters. The summed E-state index contributed by atoms with van der Waals surface area (Å²) in [5, 5.41) is 18.8. The number of hydrogen-bond donors (Lipinski definition) is 14. The van der Waals surface area contributed by atoms with Gasteiger partial charge < -0.3 is 76.3 Å². The third-order valence-corrected chi connectivity index (χ3v) is 16.0. The summed E-state index contributed by atoms with van der Waals surface area (Å²) in [7, 11) is 0. The van der Waals surface area contributed by atoms with Crippen LogP contribution in [0.3, 0.4) is 0 Å². The second-order valence-electron chi connectivity index (χ2n) is 23.1. The number of aromatic nitrogens is 2. The van der Waals surface area contributed by atoms with Crippen LogP contribution in [0, 0.1) is 5.92 Å². The molecular weight excluding hydrogens is 1100 g/mol. The molecule has 4 rings (SSSR count). The highest BCUT2D eigenvalue weighted by molar-refractivity contribution is 5.98. The third-order valence-electron chi connectivity index (χ3n) is 16.0. The number of fused-ring (bicyclic) bond motifs is 2. The van der Waals surface area contributed by atoms with E-state index < -0.39 is 77.6 Å². The van der Waals surface area contributed by atoms with Gasteiger partial charge in [0.1, 0.15) is 36.3 Å². The molecule has 4 aromatic rings. The van der Waals surface area contributed by atoms with Gasteiger partial charge in [0.15, 0.2) is 11.9 Å². The van der Waals surface area contributed by atoms with E-state index in [1.54, 1.807) is 19.3 Å². The third kappa shape index (κ3) is 26.9. The predicted molar refractivity (Wildman–Crippen MR) is 347 cm³/mol. The van der Waals surface area contributed by atoms with Gasteiger partial charge in [0.25, 0.3) is 0 Å². The monoisotopic (exact) mass is 1210 g/mol. The molecule has 482 valence electrons. The molecule has 0 saturated heterocycles. The number of aromatic amines is 2. The Bertz CT molecular complexity index is 2790. The molecule has 0 saturated carbocycles. The van der Waals surface area contributed by atoms with Crippen LogP contribution in [0.15, 0.2) is 70.9 Å². The predicted octanol–water partition coefficient (Wildman–Crippen LogP) is 5.37. The molecule has 0 bridgehead atoms. The lowest BCUT2D eigenvalue weighted by Crippen LogP contribution is -2.61. The quantitative estimate of drug-likeness (QED) is 0.0151. The fourth-order valence-electron chi connectivity index (χ4n) is 10.7. The van der Waals surface area contributed by atoms with Crippen molar-refractivity contribution in [1.29, 1.82) is 0 Å². The van der Waals surface area contributed by atoms with Crippen molar-refractivity contribution in [2.45, 2.75) is 224 Å². The molecule has 23 nitrogen and oxygen atoms in total. The van der Waals surface area contributed by atoms with E-state index in [1.807, 2.05) is 55.5 Å². The van der Waals surface area contributed by atoms with Gasteiger partial charge in [0, 0.05) is 66.6 Å². The first-order valence-corrected chi connectivity index (χ1v) is 32.0. The van der Waals surface area contributed by atoms with Crippen molar-refractivity contribution in [1.82, 2.24) is 41.9 Å². The van der Waals surface area contributed by atoms with Crippen LogP contribution in [0.25, 0.3) is 21.8 Å². The van der Waals surface area contributed by atoms with Gasteiger partial charge >= 0.3 is 0 Å². The van der Waals surface area contributed by atoms with Crippen molar-refractivity contribution >= 4 is 75.1 Å². The minimum atomic E-state index is -1.36. The first-order chi connectivity index (χ1) is 41.9. The minimum Gasteiger partial charge on any atom is -0.370 e. The van der Waals surface area contributed by atoms with E-state index in [9.17, 15) is 28.8 Å². The highest BCUT2D eigenvalue weighted by Crippen LogP contribution is 2.23. The van der Waals surface area contributed by atoms with Crippen molar-refractivity contribution < 1.29 is 33.6 Å². The number of nitrogens with two attached hydrogens (primary N) is 6. The maximum atomic E-state index is 15.0. The van der Waals surface area contributed by atoms with Crippen molar-refractivity contribution in [3.63, 3.8) is 0 Å². The number of benzene rings is 2. The summed E-state index contributed by atoms with van der Waals surface area (Å²) in [6.45, 7) is 6.59. The number of nitrogens with one attached hydrogen (secondary N) is 8. The van der Waals surface area contributed by atoms with Crippen LogP contribution in [-0.4, -0.2) is 119 Å². The van der Waals surface area contributed by atoms with Gasteiger partial charge in [-0.3, -0.25) is 43.5 Å². The van der Waals surface area contributed by atoms with Crippen LogP contribution in [0.2, 0.25) is 0 Å². The molecule has 0 aliphatic carbocycles. The molecule has 0 spiro atoms. The number of nitrogens with zero attached hydrogens (tertiary/aromatic N) is 2. The molecule has 20 N–H and O–H groups in total. The lowest BCUT2D eigenvalue weighted by molar-refractivity contribution is -0.136. The van der Waals surface area contributed by atoms with Crippen molar-refractivity contribution in [2.75, 3.05) is 19.6 Å². The van der Waals surface area contributed by atoms with Gasteiger partial charge in [-0.25, -0.2) is 0 Å². The van der Waals surface area contributed by atoms with Gasteiger partial charge in [-0.15, -0.1) is 0 Å².